The fourth-order valence-corrected chi connectivity index (χ4v) is 5.95. The maximum Gasteiger partial charge on any atom is 0.349 e. The molecule has 0 spiro atoms. The summed E-state index contributed by atoms with van der Waals surface area (Å²) in [5, 5.41) is 3.29. The van der Waals surface area contributed by atoms with Crippen molar-refractivity contribution < 1.29 is 13.9 Å². The zero-order valence-electron chi connectivity index (χ0n) is 20.6. The lowest BCUT2D eigenvalue weighted by molar-refractivity contribution is 0.0376. The van der Waals surface area contributed by atoms with E-state index < -0.39 is 5.63 Å². The molecule has 3 aromatic carbocycles. The van der Waals surface area contributed by atoms with Gasteiger partial charge in [0.2, 0.25) is 0 Å². The molecule has 0 N–H and O–H groups in total. The molecule has 1 fully saturated rings. The minimum Gasteiger partial charge on any atom is -0.422 e. The monoisotopic (exact) mass is 513 g/mol. The van der Waals surface area contributed by atoms with Gasteiger partial charge in [0.25, 0.3) is 5.91 Å². The number of morpholine rings is 1. The number of nitrogens with zero attached hydrogens (tertiary/aromatic N) is 3. The highest BCUT2D eigenvalue weighted by Gasteiger charge is 2.25. The molecule has 1 aliphatic rings. The van der Waals surface area contributed by atoms with E-state index in [0.29, 0.717) is 17.3 Å². The lowest BCUT2D eigenvalue weighted by atomic mass is 10.0. The number of carbonyl (C=O) groups excluding carboxylic acids is 1. The number of rotatable bonds is 6. The minimum atomic E-state index is -0.636. The molecule has 0 aliphatic carbocycles. The van der Waals surface area contributed by atoms with Crippen molar-refractivity contribution in [2.24, 2.45) is 0 Å². The van der Waals surface area contributed by atoms with E-state index in [1.165, 1.54) is 11.3 Å². The summed E-state index contributed by atoms with van der Waals surface area (Å²) in [7, 11) is 0. The van der Waals surface area contributed by atoms with Crippen LogP contribution in [0.25, 0.3) is 32.0 Å². The van der Waals surface area contributed by atoms with Crippen LogP contribution >= 0.6 is 11.3 Å². The Hall–Kier alpha value is -3.59. The van der Waals surface area contributed by atoms with Gasteiger partial charge in [-0.05, 0) is 53.9 Å². The average Bonchev–Trinajstić information content (AvgIpc) is 3.33. The van der Waals surface area contributed by atoms with Crippen LogP contribution in [0.15, 0.2) is 69.9 Å². The second-order valence-corrected chi connectivity index (χ2v) is 10.4. The molecule has 0 bridgehead atoms. The topological polar surface area (TPSA) is 75.9 Å². The van der Waals surface area contributed by atoms with Gasteiger partial charge in [0, 0.05) is 31.6 Å². The largest absolute Gasteiger partial charge is 0.422 e. The van der Waals surface area contributed by atoms with Gasteiger partial charge in [-0.25, -0.2) is 9.78 Å². The zero-order valence-corrected chi connectivity index (χ0v) is 21.4. The van der Waals surface area contributed by atoms with Crippen molar-refractivity contribution >= 4 is 54.3 Å². The molecule has 1 amide bonds. The van der Waals surface area contributed by atoms with Crippen LogP contribution in [0.3, 0.4) is 0 Å². The summed E-state index contributed by atoms with van der Waals surface area (Å²) in [5.41, 5.74) is 1.83. The van der Waals surface area contributed by atoms with Crippen LogP contribution in [0.1, 0.15) is 22.3 Å². The molecule has 3 heterocycles. The normalized spacial score (nSPS) is 14.5. The number of carbonyl (C=O) groups is 1. The molecule has 8 heteroatoms. The van der Waals surface area contributed by atoms with Crippen LogP contribution in [0.4, 0.5) is 5.13 Å². The molecule has 5 aromatic rings. The predicted molar refractivity (Wildman–Crippen MR) is 148 cm³/mol. The van der Waals surface area contributed by atoms with Gasteiger partial charge < -0.3 is 9.15 Å². The molecule has 188 valence electrons. The van der Waals surface area contributed by atoms with Crippen LogP contribution in [0, 0.1) is 6.92 Å². The number of ether oxygens (including phenoxy) is 1. The summed E-state index contributed by atoms with van der Waals surface area (Å²) in [6.45, 7) is 6.55. The first-order valence-electron chi connectivity index (χ1n) is 12.5. The van der Waals surface area contributed by atoms with Crippen molar-refractivity contribution in [2.75, 3.05) is 44.3 Å². The number of aromatic nitrogens is 1. The fraction of sp³-hybridized carbons (Fsp3) is 0.276. The minimum absolute atomic E-state index is 0.0191. The van der Waals surface area contributed by atoms with Crippen LogP contribution in [0.2, 0.25) is 0 Å². The molecule has 6 rings (SSSR count). The van der Waals surface area contributed by atoms with Crippen LogP contribution < -0.4 is 10.5 Å². The second-order valence-electron chi connectivity index (χ2n) is 9.38. The summed E-state index contributed by atoms with van der Waals surface area (Å²) < 4.78 is 12.1. The second kappa shape index (κ2) is 10.0. The number of hydrogen-bond acceptors (Lipinski definition) is 7. The van der Waals surface area contributed by atoms with E-state index in [9.17, 15) is 9.59 Å². The van der Waals surface area contributed by atoms with Crippen molar-refractivity contribution in [3.8, 4) is 0 Å². The molecule has 0 radical (unpaired) electrons. The summed E-state index contributed by atoms with van der Waals surface area (Å²) >= 11 is 1.47. The summed E-state index contributed by atoms with van der Waals surface area (Å²) in [6, 6.07) is 19.3. The Bertz CT molecular complexity index is 1670. The maximum atomic E-state index is 14.0. The van der Waals surface area contributed by atoms with E-state index in [1.54, 1.807) is 17.0 Å². The fourth-order valence-electron chi connectivity index (χ4n) is 4.86. The lowest BCUT2D eigenvalue weighted by Gasteiger charge is -2.27. The van der Waals surface area contributed by atoms with Crippen molar-refractivity contribution in [3.63, 3.8) is 0 Å². The molecule has 0 atom stereocenters. The Kier molecular flexibility index (Phi) is 6.46. The Morgan fingerprint density at radius 3 is 2.76 bits per heavy atom. The number of aryl methyl sites for hydroxylation is 1. The smallest absolute Gasteiger partial charge is 0.349 e. The standard InChI is InChI=1S/C29H27N3O4S/c1-19-7-9-24-26(17-19)37-29(30-24)32(12-4-11-31-13-15-35-16-14-31)27(33)23-18-22-21-6-3-2-5-20(21)8-10-25(22)36-28(23)34/h2-3,5-10,17-18H,4,11-16H2,1H3. The number of thiazole rings is 1. The Balaban J connectivity index is 1.39. The third kappa shape index (κ3) is 4.75. The molecule has 1 aliphatic heterocycles. The number of amides is 1. The van der Waals surface area contributed by atoms with Crippen molar-refractivity contribution in [1.29, 1.82) is 0 Å². The third-order valence-corrected chi connectivity index (χ3v) is 7.88. The molecule has 2 aromatic heterocycles. The van der Waals surface area contributed by atoms with Gasteiger partial charge >= 0.3 is 5.63 Å². The Morgan fingerprint density at radius 2 is 1.89 bits per heavy atom. The van der Waals surface area contributed by atoms with Crippen molar-refractivity contribution in [2.45, 2.75) is 13.3 Å². The lowest BCUT2D eigenvalue weighted by Crippen LogP contribution is -2.40. The van der Waals surface area contributed by atoms with E-state index in [2.05, 4.69) is 11.0 Å². The van der Waals surface area contributed by atoms with Gasteiger partial charge in [-0.1, -0.05) is 47.7 Å². The average molecular weight is 514 g/mol. The molecule has 7 nitrogen and oxygen atoms in total. The Labute approximate surface area is 217 Å². The first-order chi connectivity index (χ1) is 18.1. The highest BCUT2D eigenvalue weighted by Crippen LogP contribution is 2.31. The number of anilines is 1. The highest BCUT2D eigenvalue weighted by molar-refractivity contribution is 7.22. The first kappa shape index (κ1) is 23.8. The molecule has 37 heavy (non-hydrogen) atoms. The number of benzene rings is 3. The van der Waals surface area contributed by atoms with Crippen LogP contribution in [-0.2, 0) is 4.74 Å². The summed E-state index contributed by atoms with van der Waals surface area (Å²) in [4.78, 5) is 35.7. The number of hydrogen-bond donors (Lipinski definition) is 0. The zero-order chi connectivity index (χ0) is 25.4. The summed E-state index contributed by atoms with van der Waals surface area (Å²) in [5.74, 6) is -0.388. The predicted octanol–water partition coefficient (Wildman–Crippen LogP) is 5.23. The SMILES string of the molecule is Cc1ccc2nc(N(CCCN3CCOCC3)C(=O)c3cc4c(ccc5ccccc54)oc3=O)sc2c1. The molecule has 0 saturated carbocycles. The van der Waals surface area contributed by atoms with Crippen LogP contribution in [0.5, 0.6) is 0 Å². The maximum absolute atomic E-state index is 14.0. The van der Waals surface area contributed by atoms with Crippen molar-refractivity contribution in [3.05, 3.63) is 82.2 Å². The van der Waals surface area contributed by atoms with Gasteiger partial charge in [-0.2, -0.15) is 0 Å². The number of fused-ring (bicyclic) bond motifs is 4. The highest BCUT2D eigenvalue weighted by atomic mass is 32.1. The van der Waals surface area contributed by atoms with Crippen molar-refractivity contribution in [1.82, 2.24) is 9.88 Å². The third-order valence-electron chi connectivity index (χ3n) is 6.84. The van der Waals surface area contributed by atoms with Gasteiger partial charge in [-0.15, -0.1) is 0 Å². The summed E-state index contributed by atoms with van der Waals surface area (Å²) in [6.07, 6.45) is 0.753. The molecule has 1 saturated heterocycles. The van der Waals surface area contributed by atoms with E-state index >= 15 is 0 Å². The van der Waals surface area contributed by atoms with Gasteiger partial charge in [0.05, 0.1) is 23.4 Å². The molecular formula is C29H27N3O4S. The van der Waals surface area contributed by atoms with Gasteiger partial charge in [-0.3, -0.25) is 14.6 Å². The van der Waals surface area contributed by atoms with E-state index in [4.69, 9.17) is 14.1 Å². The molecule has 0 unspecified atom stereocenters. The van der Waals surface area contributed by atoms with E-state index in [-0.39, 0.29) is 11.5 Å². The quantitative estimate of drug-likeness (QED) is 0.229. The van der Waals surface area contributed by atoms with Gasteiger partial charge in [0.1, 0.15) is 11.1 Å². The Morgan fingerprint density at radius 1 is 1.05 bits per heavy atom. The molecular weight excluding hydrogens is 486 g/mol. The first-order valence-corrected chi connectivity index (χ1v) is 13.3. The van der Waals surface area contributed by atoms with E-state index in [0.717, 1.165) is 71.2 Å². The van der Waals surface area contributed by atoms with Crippen LogP contribution in [-0.4, -0.2) is 55.2 Å². The van der Waals surface area contributed by atoms with Gasteiger partial charge in [0.15, 0.2) is 5.13 Å². The van der Waals surface area contributed by atoms with E-state index in [1.807, 2.05) is 49.4 Å².